The number of thioether (sulfide) groups is 2. The van der Waals surface area contributed by atoms with E-state index in [9.17, 15) is 0 Å². The number of nitrogens with zero attached hydrogens (tertiary/aromatic N) is 2. The summed E-state index contributed by atoms with van der Waals surface area (Å²) < 4.78 is 0. The quantitative estimate of drug-likeness (QED) is 0.583. The summed E-state index contributed by atoms with van der Waals surface area (Å²) in [6.45, 7) is 0. The SMILES string of the molecule is CSc1nc(N)c2c(n1)CCSCC2. The molecule has 0 fully saturated rings. The largest absolute Gasteiger partial charge is 0.383 e. The summed E-state index contributed by atoms with van der Waals surface area (Å²) in [6, 6.07) is 0. The zero-order valence-electron chi connectivity index (χ0n) is 8.12. The molecule has 1 aromatic rings. The molecular weight excluding hydrogens is 214 g/mol. The third-order valence-electron chi connectivity index (χ3n) is 2.27. The van der Waals surface area contributed by atoms with Crippen molar-refractivity contribution >= 4 is 29.3 Å². The van der Waals surface area contributed by atoms with E-state index in [1.807, 2.05) is 18.0 Å². The molecule has 0 spiro atoms. The van der Waals surface area contributed by atoms with Crippen molar-refractivity contribution in [2.75, 3.05) is 23.5 Å². The zero-order chi connectivity index (χ0) is 9.97. The number of aromatic nitrogens is 2. The number of rotatable bonds is 1. The van der Waals surface area contributed by atoms with Gasteiger partial charge in [0.1, 0.15) is 5.82 Å². The summed E-state index contributed by atoms with van der Waals surface area (Å²) in [5.41, 5.74) is 8.25. The minimum Gasteiger partial charge on any atom is -0.383 e. The molecule has 5 heteroatoms. The predicted molar refractivity (Wildman–Crippen MR) is 63.0 cm³/mol. The normalized spacial score (nSPS) is 16.1. The number of aryl methyl sites for hydroxylation is 1. The maximum Gasteiger partial charge on any atom is 0.189 e. The van der Waals surface area contributed by atoms with Crippen LogP contribution in [0.3, 0.4) is 0 Å². The molecule has 1 aromatic heterocycles. The van der Waals surface area contributed by atoms with Crippen LogP contribution in [0.15, 0.2) is 5.16 Å². The van der Waals surface area contributed by atoms with Crippen LogP contribution in [0.5, 0.6) is 0 Å². The number of hydrogen-bond donors (Lipinski definition) is 1. The summed E-state index contributed by atoms with van der Waals surface area (Å²) in [7, 11) is 0. The number of hydrogen-bond acceptors (Lipinski definition) is 5. The summed E-state index contributed by atoms with van der Waals surface area (Å²) >= 11 is 3.52. The van der Waals surface area contributed by atoms with Crippen molar-refractivity contribution in [2.45, 2.75) is 18.0 Å². The minimum atomic E-state index is 0.682. The number of nitrogen functional groups attached to an aromatic ring is 1. The van der Waals surface area contributed by atoms with Crippen LogP contribution in [0.2, 0.25) is 0 Å². The minimum absolute atomic E-state index is 0.682. The van der Waals surface area contributed by atoms with Gasteiger partial charge in [0.15, 0.2) is 5.16 Å². The van der Waals surface area contributed by atoms with Crippen LogP contribution in [0, 0.1) is 0 Å². The number of fused-ring (bicyclic) bond motifs is 1. The van der Waals surface area contributed by atoms with Gasteiger partial charge in [-0.15, -0.1) is 0 Å². The molecule has 0 aromatic carbocycles. The van der Waals surface area contributed by atoms with Crippen molar-refractivity contribution in [3.63, 3.8) is 0 Å². The first-order valence-electron chi connectivity index (χ1n) is 4.58. The molecule has 0 aliphatic carbocycles. The molecule has 0 bridgehead atoms. The second-order valence-corrected chi connectivity index (χ2v) is 5.13. The third-order valence-corrected chi connectivity index (χ3v) is 3.80. The van der Waals surface area contributed by atoms with Crippen LogP contribution in [-0.4, -0.2) is 27.7 Å². The summed E-state index contributed by atoms with van der Waals surface area (Å²) in [5.74, 6) is 2.97. The van der Waals surface area contributed by atoms with E-state index in [0.29, 0.717) is 5.82 Å². The Hall–Kier alpha value is -0.420. The Kier molecular flexibility index (Phi) is 3.18. The van der Waals surface area contributed by atoms with Gasteiger partial charge in [-0.2, -0.15) is 11.8 Å². The molecule has 2 heterocycles. The van der Waals surface area contributed by atoms with Crippen LogP contribution < -0.4 is 5.73 Å². The van der Waals surface area contributed by atoms with Gasteiger partial charge in [0.2, 0.25) is 0 Å². The standard InChI is InChI=1S/C9H13N3S2/c1-13-9-11-7-3-5-14-4-2-6(7)8(10)12-9/h2-5H2,1H3,(H2,10,11,12). The van der Waals surface area contributed by atoms with Gasteiger partial charge in [0.25, 0.3) is 0 Å². The molecule has 0 saturated heterocycles. The Balaban J connectivity index is 2.43. The lowest BCUT2D eigenvalue weighted by Crippen LogP contribution is -2.06. The van der Waals surface area contributed by atoms with Gasteiger partial charge >= 0.3 is 0 Å². The van der Waals surface area contributed by atoms with Crippen LogP contribution in [0.25, 0.3) is 0 Å². The molecule has 1 aliphatic heterocycles. The van der Waals surface area contributed by atoms with E-state index >= 15 is 0 Å². The lowest BCUT2D eigenvalue weighted by atomic mass is 10.1. The molecule has 1 aliphatic rings. The maximum absolute atomic E-state index is 5.91. The molecular formula is C9H13N3S2. The predicted octanol–water partition coefficient (Wildman–Crippen LogP) is 1.61. The van der Waals surface area contributed by atoms with Crippen molar-refractivity contribution in [3.05, 3.63) is 11.3 Å². The Morgan fingerprint density at radius 1 is 1.29 bits per heavy atom. The highest BCUT2D eigenvalue weighted by Gasteiger charge is 2.14. The molecule has 2 rings (SSSR count). The Bertz CT molecular complexity index is 341. The smallest absolute Gasteiger partial charge is 0.189 e. The second kappa shape index (κ2) is 4.40. The molecule has 2 N–H and O–H groups in total. The van der Waals surface area contributed by atoms with Gasteiger partial charge in [0.05, 0.1) is 5.69 Å². The lowest BCUT2D eigenvalue weighted by Gasteiger charge is -2.08. The maximum atomic E-state index is 5.91. The highest BCUT2D eigenvalue weighted by Crippen LogP contribution is 2.24. The Labute approximate surface area is 92.3 Å². The topological polar surface area (TPSA) is 51.8 Å². The van der Waals surface area contributed by atoms with Crippen molar-refractivity contribution < 1.29 is 0 Å². The van der Waals surface area contributed by atoms with Gasteiger partial charge in [-0.25, -0.2) is 9.97 Å². The molecule has 0 saturated carbocycles. The van der Waals surface area contributed by atoms with E-state index in [1.54, 1.807) is 11.8 Å². The van der Waals surface area contributed by atoms with E-state index < -0.39 is 0 Å². The average molecular weight is 227 g/mol. The van der Waals surface area contributed by atoms with Crippen LogP contribution in [0.1, 0.15) is 11.3 Å². The molecule has 76 valence electrons. The lowest BCUT2D eigenvalue weighted by molar-refractivity contribution is 0.872. The van der Waals surface area contributed by atoms with Crippen LogP contribution >= 0.6 is 23.5 Å². The van der Waals surface area contributed by atoms with Gasteiger partial charge in [-0.1, -0.05) is 11.8 Å². The molecule has 3 nitrogen and oxygen atoms in total. The Morgan fingerprint density at radius 2 is 2.07 bits per heavy atom. The first-order chi connectivity index (χ1) is 6.81. The average Bonchev–Trinajstić information content (AvgIpc) is 2.42. The van der Waals surface area contributed by atoms with Crippen molar-refractivity contribution in [1.82, 2.24) is 9.97 Å². The van der Waals surface area contributed by atoms with Gasteiger partial charge in [-0.05, 0) is 30.6 Å². The summed E-state index contributed by atoms with van der Waals surface area (Å²) in [4.78, 5) is 8.78. The third kappa shape index (κ3) is 1.98. The number of anilines is 1. The fraction of sp³-hybridized carbons (Fsp3) is 0.556. The fourth-order valence-electron chi connectivity index (χ4n) is 1.54. The van der Waals surface area contributed by atoms with Gasteiger partial charge in [0, 0.05) is 5.56 Å². The van der Waals surface area contributed by atoms with E-state index in [1.165, 1.54) is 5.56 Å². The van der Waals surface area contributed by atoms with Gasteiger partial charge < -0.3 is 5.73 Å². The molecule has 0 unspecified atom stereocenters. The molecule has 14 heavy (non-hydrogen) atoms. The zero-order valence-corrected chi connectivity index (χ0v) is 9.75. The second-order valence-electron chi connectivity index (χ2n) is 3.13. The summed E-state index contributed by atoms with van der Waals surface area (Å²) in [5, 5.41) is 0.799. The van der Waals surface area contributed by atoms with Gasteiger partial charge in [-0.3, -0.25) is 0 Å². The van der Waals surface area contributed by atoms with Crippen molar-refractivity contribution in [3.8, 4) is 0 Å². The highest BCUT2D eigenvalue weighted by molar-refractivity contribution is 7.99. The monoisotopic (exact) mass is 227 g/mol. The van der Waals surface area contributed by atoms with Crippen LogP contribution in [-0.2, 0) is 12.8 Å². The van der Waals surface area contributed by atoms with Crippen molar-refractivity contribution in [2.24, 2.45) is 0 Å². The molecule has 0 amide bonds. The molecule has 0 radical (unpaired) electrons. The Morgan fingerprint density at radius 3 is 2.86 bits per heavy atom. The van der Waals surface area contributed by atoms with E-state index in [-0.39, 0.29) is 0 Å². The molecule has 0 atom stereocenters. The van der Waals surface area contributed by atoms with E-state index in [2.05, 4.69) is 9.97 Å². The van der Waals surface area contributed by atoms with E-state index in [4.69, 9.17) is 5.73 Å². The number of nitrogens with two attached hydrogens (primary N) is 1. The fourth-order valence-corrected chi connectivity index (χ4v) is 2.82. The summed E-state index contributed by atoms with van der Waals surface area (Å²) in [6.07, 6.45) is 4.02. The first-order valence-corrected chi connectivity index (χ1v) is 6.96. The first kappa shape index (κ1) is 10.1. The highest BCUT2D eigenvalue weighted by atomic mass is 32.2. The van der Waals surface area contributed by atoms with E-state index in [0.717, 1.165) is 35.2 Å². The van der Waals surface area contributed by atoms with Crippen molar-refractivity contribution in [1.29, 1.82) is 0 Å². The van der Waals surface area contributed by atoms with Crippen LogP contribution in [0.4, 0.5) is 5.82 Å².